The third kappa shape index (κ3) is 1.98. The van der Waals surface area contributed by atoms with Crippen molar-refractivity contribution in [1.82, 2.24) is 29.4 Å². The smallest absolute Gasteiger partial charge is 0.247 e. The molecule has 4 rings (SSSR count). The van der Waals surface area contributed by atoms with Crippen LogP contribution in [0.2, 0.25) is 5.15 Å². The molecule has 0 atom stereocenters. The fraction of sp³-hybridized carbons (Fsp3) is 0.0769. The maximum absolute atomic E-state index is 5.98. The van der Waals surface area contributed by atoms with Crippen LogP contribution >= 0.6 is 11.6 Å². The van der Waals surface area contributed by atoms with Gasteiger partial charge in [0.05, 0.1) is 11.7 Å². The molecule has 0 aliphatic carbocycles. The summed E-state index contributed by atoms with van der Waals surface area (Å²) in [5.41, 5.74) is 2.43. The van der Waals surface area contributed by atoms with Gasteiger partial charge in [0.1, 0.15) is 0 Å². The summed E-state index contributed by atoms with van der Waals surface area (Å²) in [6, 6.07) is 5.94. The van der Waals surface area contributed by atoms with E-state index in [2.05, 4.69) is 25.5 Å². The molecule has 1 aromatic carbocycles. The van der Waals surface area contributed by atoms with Crippen LogP contribution in [0, 0.1) is 0 Å². The lowest BCUT2D eigenvalue weighted by Gasteiger charge is -2.02. The molecule has 3 heterocycles. The molecule has 8 heteroatoms. The Morgan fingerprint density at radius 3 is 3.05 bits per heavy atom. The Labute approximate surface area is 124 Å². The van der Waals surface area contributed by atoms with Gasteiger partial charge in [-0.25, -0.2) is 9.50 Å². The lowest BCUT2D eigenvalue weighted by atomic mass is 10.2. The van der Waals surface area contributed by atoms with E-state index in [4.69, 9.17) is 11.6 Å². The van der Waals surface area contributed by atoms with Gasteiger partial charge in [-0.2, -0.15) is 10.1 Å². The Kier molecular flexibility index (Phi) is 2.55. The number of aromatic nitrogens is 6. The van der Waals surface area contributed by atoms with E-state index in [0.717, 1.165) is 16.6 Å². The summed E-state index contributed by atoms with van der Waals surface area (Å²) in [5, 5.41) is 13.1. The molecular formula is C13H10ClN7. The molecule has 0 unspecified atom stereocenters. The summed E-state index contributed by atoms with van der Waals surface area (Å²) in [6.45, 7) is 0. The number of aryl methyl sites for hydroxylation is 1. The van der Waals surface area contributed by atoms with Crippen LogP contribution in [-0.4, -0.2) is 29.4 Å². The third-order valence-corrected chi connectivity index (χ3v) is 3.48. The van der Waals surface area contributed by atoms with Crippen molar-refractivity contribution in [2.75, 3.05) is 5.32 Å². The number of nitrogens with one attached hydrogen (secondary N) is 1. The standard InChI is InChI=1S/C13H10ClN7/c1-20-10-6-9(3-2-8(10)7-16-20)17-13-18-12-11(14)15-4-5-21(12)19-13/h2-7H,1H3,(H,17,19). The van der Waals surface area contributed by atoms with Crippen molar-refractivity contribution in [1.29, 1.82) is 0 Å². The molecule has 21 heavy (non-hydrogen) atoms. The molecule has 0 aliphatic heterocycles. The van der Waals surface area contributed by atoms with Crippen LogP contribution in [0.25, 0.3) is 16.6 Å². The Bertz CT molecular complexity index is 956. The van der Waals surface area contributed by atoms with Gasteiger partial charge in [-0.1, -0.05) is 11.6 Å². The zero-order valence-corrected chi connectivity index (χ0v) is 11.8. The van der Waals surface area contributed by atoms with E-state index in [1.165, 1.54) is 0 Å². The van der Waals surface area contributed by atoms with Crippen LogP contribution in [0.4, 0.5) is 11.6 Å². The zero-order chi connectivity index (χ0) is 14.4. The van der Waals surface area contributed by atoms with Gasteiger partial charge in [-0.3, -0.25) is 4.68 Å². The van der Waals surface area contributed by atoms with Gasteiger partial charge in [0, 0.05) is 30.5 Å². The van der Waals surface area contributed by atoms with Crippen LogP contribution in [0.1, 0.15) is 0 Å². The molecule has 0 fully saturated rings. The fourth-order valence-electron chi connectivity index (χ4n) is 2.19. The summed E-state index contributed by atoms with van der Waals surface area (Å²) in [6.07, 6.45) is 5.10. The van der Waals surface area contributed by atoms with E-state index in [9.17, 15) is 0 Å². The second-order valence-electron chi connectivity index (χ2n) is 4.59. The van der Waals surface area contributed by atoms with E-state index in [0.29, 0.717) is 16.7 Å². The van der Waals surface area contributed by atoms with Crippen molar-refractivity contribution in [3.8, 4) is 0 Å². The van der Waals surface area contributed by atoms with Crippen molar-refractivity contribution in [3.05, 3.63) is 41.9 Å². The molecule has 0 aliphatic rings. The largest absolute Gasteiger partial charge is 0.323 e. The summed E-state index contributed by atoms with van der Waals surface area (Å²) < 4.78 is 3.40. The van der Waals surface area contributed by atoms with Gasteiger partial charge in [-0.05, 0) is 18.2 Å². The highest BCUT2D eigenvalue weighted by Gasteiger charge is 2.08. The molecule has 0 amide bonds. The zero-order valence-electron chi connectivity index (χ0n) is 11.0. The first-order valence-corrected chi connectivity index (χ1v) is 6.64. The molecule has 4 aromatic rings. The van der Waals surface area contributed by atoms with Crippen molar-refractivity contribution in [3.63, 3.8) is 0 Å². The molecule has 3 aromatic heterocycles. The van der Waals surface area contributed by atoms with Crippen LogP contribution in [0.3, 0.4) is 0 Å². The highest BCUT2D eigenvalue weighted by Crippen LogP contribution is 2.21. The van der Waals surface area contributed by atoms with Crippen LogP contribution in [0.5, 0.6) is 0 Å². The van der Waals surface area contributed by atoms with E-state index in [1.807, 2.05) is 36.1 Å². The molecule has 0 bridgehead atoms. The van der Waals surface area contributed by atoms with E-state index >= 15 is 0 Å². The topological polar surface area (TPSA) is 72.9 Å². The number of anilines is 2. The summed E-state index contributed by atoms with van der Waals surface area (Å²) >= 11 is 5.98. The molecule has 1 N–H and O–H groups in total. The number of halogens is 1. The molecule has 104 valence electrons. The van der Waals surface area contributed by atoms with E-state index in [-0.39, 0.29) is 0 Å². The summed E-state index contributed by atoms with van der Waals surface area (Å²) in [7, 11) is 1.90. The number of nitrogens with zero attached hydrogens (tertiary/aromatic N) is 6. The second kappa shape index (κ2) is 4.42. The highest BCUT2D eigenvalue weighted by molar-refractivity contribution is 6.32. The Balaban J connectivity index is 1.75. The van der Waals surface area contributed by atoms with Crippen molar-refractivity contribution in [2.24, 2.45) is 7.05 Å². The fourth-order valence-corrected chi connectivity index (χ4v) is 2.38. The molecule has 0 saturated heterocycles. The summed E-state index contributed by atoms with van der Waals surface area (Å²) in [4.78, 5) is 8.30. The number of benzene rings is 1. The lowest BCUT2D eigenvalue weighted by Crippen LogP contribution is -1.94. The van der Waals surface area contributed by atoms with Crippen molar-refractivity contribution in [2.45, 2.75) is 0 Å². The molecule has 7 nitrogen and oxygen atoms in total. The van der Waals surface area contributed by atoms with Gasteiger partial charge in [0.2, 0.25) is 5.95 Å². The van der Waals surface area contributed by atoms with Crippen LogP contribution in [-0.2, 0) is 7.05 Å². The first kappa shape index (κ1) is 12.1. The minimum atomic E-state index is 0.320. The molecular weight excluding hydrogens is 290 g/mol. The number of fused-ring (bicyclic) bond motifs is 2. The number of hydrogen-bond acceptors (Lipinski definition) is 5. The second-order valence-corrected chi connectivity index (χ2v) is 4.95. The predicted molar refractivity (Wildman–Crippen MR) is 79.8 cm³/mol. The Morgan fingerprint density at radius 1 is 1.29 bits per heavy atom. The third-order valence-electron chi connectivity index (χ3n) is 3.22. The predicted octanol–water partition coefficient (Wildman–Crippen LogP) is 2.41. The first-order valence-electron chi connectivity index (χ1n) is 6.26. The number of rotatable bonds is 2. The first-order chi connectivity index (χ1) is 10.2. The monoisotopic (exact) mass is 299 g/mol. The minimum Gasteiger partial charge on any atom is -0.323 e. The Morgan fingerprint density at radius 2 is 2.19 bits per heavy atom. The lowest BCUT2D eigenvalue weighted by molar-refractivity contribution is 0.797. The highest BCUT2D eigenvalue weighted by atomic mass is 35.5. The number of hydrogen-bond donors (Lipinski definition) is 1. The molecule has 0 radical (unpaired) electrons. The van der Waals surface area contributed by atoms with Crippen LogP contribution < -0.4 is 5.32 Å². The average Bonchev–Trinajstić information content (AvgIpc) is 3.04. The van der Waals surface area contributed by atoms with Gasteiger partial charge in [-0.15, -0.1) is 5.10 Å². The van der Waals surface area contributed by atoms with Gasteiger partial charge in [0.15, 0.2) is 10.8 Å². The van der Waals surface area contributed by atoms with E-state index < -0.39 is 0 Å². The van der Waals surface area contributed by atoms with Gasteiger partial charge < -0.3 is 5.32 Å². The Hall–Kier alpha value is -2.67. The average molecular weight is 300 g/mol. The SMILES string of the molecule is Cn1ncc2ccc(Nc3nc4c(Cl)nccn4n3)cc21. The molecule has 0 spiro atoms. The van der Waals surface area contributed by atoms with Crippen molar-refractivity contribution < 1.29 is 0 Å². The van der Waals surface area contributed by atoms with Crippen molar-refractivity contribution >= 4 is 39.8 Å². The van der Waals surface area contributed by atoms with Gasteiger partial charge in [0.25, 0.3) is 0 Å². The normalized spacial score (nSPS) is 11.3. The molecule has 0 saturated carbocycles. The summed E-state index contributed by atoms with van der Waals surface area (Å²) in [5.74, 6) is 0.464. The van der Waals surface area contributed by atoms with Crippen LogP contribution in [0.15, 0.2) is 36.8 Å². The van der Waals surface area contributed by atoms with Gasteiger partial charge >= 0.3 is 0 Å². The van der Waals surface area contributed by atoms with E-state index in [1.54, 1.807) is 16.9 Å². The minimum absolute atomic E-state index is 0.320. The maximum Gasteiger partial charge on any atom is 0.247 e. The maximum atomic E-state index is 5.98. The quantitative estimate of drug-likeness (QED) is 0.615.